The number of Topliss-reactive ketones (excluding diaryl/α,β-unsaturated/α-hetero) is 1. The summed E-state index contributed by atoms with van der Waals surface area (Å²) in [5.74, 6) is 1.44. The molecule has 156 valence electrons. The first-order chi connectivity index (χ1) is 13.0. The van der Waals surface area contributed by atoms with Gasteiger partial charge >= 0.3 is 0 Å². The van der Waals surface area contributed by atoms with E-state index in [-0.39, 0.29) is 24.3 Å². The maximum Gasteiger partial charge on any atom is 0.176 e. The van der Waals surface area contributed by atoms with Crippen molar-refractivity contribution < 1.29 is 14.3 Å². The summed E-state index contributed by atoms with van der Waals surface area (Å²) < 4.78 is 11.5. The highest BCUT2D eigenvalue weighted by Crippen LogP contribution is 2.31. The molecule has 2 aromatic rings. The molecule has 0 amide bonds. The van der Waals surface area contributed by atoms with Crippen LogP contribution in [0.1, 0.15) is 41.1 Å². The Kier molecular flexibility index (Phi) is 11.4. The van der Waals surface area contributed by atoms with Crippen molar-refractivity contribution in [1.29, 1.82) is 0 Å². The van der Waals surface area contributed by atoms with Gasteiger partial charge in [0, 0.05) is 25.6 Å². The minimum absolute atomic E-state index is 0. The minimum Gasteiger partial charge on any atom is -0.489 e. The Bertz CT molecular complexity index is 703. The Morgan fingerprint density at radius 2 is 1.89 bits per heavy atom. The van der Waals surface area contributed by atoms with Gasteiger partial charge in [-0.1, -0.05) is 44.2 Å². The van der Waals surface area contributed by atoms with Crippen molar-refractivity contribution in [1.82, 2.24) is 5.32 Å². The van der Waals surface area contributed by atoms with Crippen LogP contribution in [0.3, 0.4) is 0 Å². The lowest BCUT2D eigenvalue weighted by Crippen LogP contribution is -2.35. The molecule has 1 atom stereocenters. The second kappa shape index (κ2) is 12.9. The lowest BCUT2D eigenvalue weighted by molar-refractivity contribution is 0.0571. The molecule has 4 nitrogen and oxygen atoms in total. The van der Waals surface area contributed by atoms with Gasteiger partial charge in [0.2, 0.25) is 0 Å². The van der Waals surface area contributed by atoms with Gasteiger partial charge in [-0.3, -0.25) is 4.79 Å². The molecule has 28 heavy (non-hydrogen) atoms. The largest absolute Gasteiger partial charge is 0.489 e. The number of thiophene rings is 1. The van der Waals surface area contributed by atoms with Gasteiger partial charge in [0.1, 0.15) is 23.3 Å². The first kappa shape index (κ1) is 24.6. The predicted octanol–water partition coefficient (Wildman–Crippen LogP) is 4.93. The molecule has 1 aromatic carbocycles. The van der Waals surface area contributed by atoms with Crippen LogP contribution in [0.2, 0.25) is 0 Å². The Labute approximate surface area is 179 Å². The molecule has 0 aliphatic rings. The summed E-state index contributed by atoms with van der Waals surface area (Å²) in [4.78, 5) is 13.4. The molecule has 0 aliphatic carbocycles. The maximum atomic E-state index is 12.7. The molecule has 2 rings (SSSR count). The van der Waals surface area contributed by atoms with E-state index in [0.29, 0.717) is 29.6 Å². The molecule has 1 N–H and O–H groups in total. The second-order valence-corrected chi connectivity index (χ2v) is 8.09. The van der Waals surface area contributed by atoms with Gasteiger partial charge in [0.05, 0.1) is 0 Å². The van der Waals surface area contributed by atoms with Crippen LogP contribution in [-0.2, 0) is 11.2 Å². The van der Waals surface area contributed by atoms with E-state index in [1.165, 1.54) is 16.9 Å². The Balaban J connectivity index is 0.00000392. The molecule has 0 spiro atoms. The highest BCUT2D eigenvalue weighted by atomic mass is 35.5. The average molecular weight is 426 g/mol. The molecule has 1 aromatic heterocycles. The molecule has 0 saturated carbocycles. The number of hydrogen-bond donors (Lipinski definition) is 1. The van der Waals surface area contributed by atoms with E-state index in [2.05, 4.69) is 31.3 Å². The van der Waals surface area contributed by atoms with Gasteiger partial charge in [-0.15, -0.1) is 23.7 Å². The normalized spacial score (nSPS) is 11.9. The van der Waals surface area contributed by atoms with Crippen molar-refractivity contribution >= 4 is 29.5 Å². The number of benzene rings is 1. The van der Waals surface area contributed by atoms with Crippen molar-refractivity contribution in [3.63, 3.8) is 0 Å². The molecule has 6 heteroatoms. The van der Waals surface area contributed by atoms with Gasteiger partial charge in [0.15, 0.2) is 5.78 Å². The number of aryl methyl sites for hydroxylation is 2. The maximum absolute atomic E-state index is 12.7. The van der Waals surface area contributed by atoms with E-state index in [1.807, 2.05) is 30.5 Å². The number of nitrogens with one attached hydrogen (secondary N) is 1. The summed E-state index contributed by atoms with van der Waals surface area (Å²) in [6.45, 7) is 8.44. The Morgan fingerprint density at radius 1 is 1.18 bits per heavy atom. The number of ketones is 1. The molecule has 0 aliphatic heterocycles. The first-order valence-corrected chi connectivity index (χ1v) is 10.4. The van der Waals surface area contributed by atoms with Crippen molar-refractivity contribution in [2.45, 2.75) is 39.7 Å². The quantitative estimate of drug-likeness (QED) is 0.489. The van der Waals surface area contributed by atoms with Crippen LogP contribution < -0.4 is 10.1 Å². The second-order valence-electron chi connectivity index (χ2n) is 7.21. The zero-order valence-electron chi connectivity index (χ0n) is 17.2. The molecule has 1 heterocycles. The third-order valence-electron chi connectivity index (χ3n) is 4.33. The van der Waals surface area contributed by atoms with E-state index in [1.54, 1.807) is 7.11 Å². The molecule has 0 fully saturated rings. The van der Waals surface area contributed by atoms with Gasteiger partial charge in [0.25, 0.3) is 0 Å². The van der Waals surface area contributed by atoms with E-state index >= 15 is 0 Å². The lowest BCUT2D eigenvalue weighted by Gasteiger charge is -2.18. The van der Waals surface area contributed by atoms with Crippen LogP contribution >= 0.6 is 23.7 Å². The van der Waals surface area contributed by atoms with Gasteiger partial charge in [-0.2, -0.15) is 0 Å². The molecule has 1 unspecified atom stereocenters. The SMILES string of the molecule is COC(CNCC(C)C)COc1c(C)csc1C(=O)CCc1ccccc1.Cl. The highest BCUT2D eigenvalue weighted by molar-refractivity contribution is 7.12. The van der Waals surface area contributed by atoms with Crippen molar-refractivity contribution in [3.05, 3.63) is 51.7 Å². The number of ether oxygens (including phenoxy) is 2. The third kappa shape index (κ3) is 7.92. The van der Waals surface area contributed by atoms with E-state index in [4.69, 9.17) is 9.47 Å². The van der Waals surface area contributed by atoms with Crippen LogP contribution in [0.25, 0.3) is 0 Å². The zero-order valence-corrected chi connectivity index (χ0v) is 18.8. The number of carbonyl (C=O) groups is 1. The van der Waals surface area contributed by atoms with Crippen molar-refractivity contribution in [3.8, 4) is 5.75 Å². The number of carbonyl (C=O) groups excluding carboxylic acids is 1. The summed E-state index contributed by atoms with van der Waals surface area (Å²) in [5, 5.41) is 5.38. The zero-order chi connectivity index (χ0) is 19.6. The number of methoxy groups -OCH3 is 1. The smallest absolute Gasteiger partial charge is 0.176 e. The van der Waals surface area contributed by atoms with E-state index < -0.39 is 0 Å². The van der Waals surface area contributed by atoms with Crippen molar-refractivity contribution in [2.24, 2.45) is 5.92 Å². The topological polar surface area (TPSA) is 47.6 Å². The number of halogens is 1. The van der Waals surface area contributed by atoms with E-state index in [0.717, 1.165) is 25.1 Å². The fraction of sp³-hybridized carbons (Fsp3) is 0.500. The number of hydrogen-bond acceptors (Lipinski definition) is 5. The minimum atomic E-state index is -0.0460. The first-order valence-electron chi connectivity index (χ1n) is 9.52. The Morgan fingerprint density at radius 3 is 2.54 bits per heavy atom. The van der Waals surface area contributed by atoms with Gasteiger partial charge in [-0.25, -0.2) is 0 Å². The molecular weight excluding hydrogens is 394 g/mol. The summed E-state index contributed by atoms with van der Waals surface area (Å²) in [7, 11) is 1.69. The third-order valence-corrected chi connectivity index (χ3v) is 5.45. The van der Waals surface area contributed by atoms with Crippen LogP contribution in [0.15, 0.2) is 35.7 Å². The lowest BCUT2D eigenvalue weighted by atomic mass is 10.1. The summed E-state index contributed by atoms with van der Waals surface area (Å²) in [5.41, 5.74) is 2.19. The fourth-order valence-electron chi connectivity index (χ4n) is 2.74. The number of rotatable bonds is 12. The summed E-state index contributed by atoms with van der Waals surface area (Å²) in [6.07, 6.45) is 1.19. The van der Waals surface area contributed by atoms with Gasteiger partial charge in [-0.05, 0) is 36.8 Å². The standard InChI is InChI=1S/C22H31NO3S.ClH/c1-16(2)12-23-13-19(25-4)14-26-21-17(3)15-27-22(21)20(24)11-10-18-8-6-5-7-9-18;/h5-9,15-16,19,23H,10-14H2,1-4H3;1H. The summed E-state index contributed by atoms with van der Waals surface area (Å²) >= 11 is 1.47. The van der Waals surface area contributed by atoms with Gasteiger partial charge < -0.3 is 14.8 Å². The van der Waals surface area contributed by atoms with Crippen LogP contribution in [0.5, 0.6) is 5.75 Å². The van der Waals surface area contributed by atoms with Crippen molar-refractivity contribution in [2.75, 3.05) is 26.8 Å². The molecule has 0 saturated heterocycles. The fourth-order valence-corrected chi connectivity index (χ4v) is 3.70. The molecule has 0 bridgehead atoms. The summed E-state index contributed by atoms with van der Waals surface area (Å²) in [6, 6.07) is 10.1. The molecular formula is C22H32ClNO3S. The van der Waals surface area contributed by atoms with Crippen LogP contribution in [0.4, 0.5) is 0 Å². The highest BCUT2D eigenvalue weighted by Gasteiger charge is 2.19. The average Bonchev–Trinajstić information content (AvgIpc) is 3.03. The Hall–Kier alpha value is -1.40. The van der Waals surface area contributed by atoms with E-state index in [9.17, 15) is 4.79 Å². The monoisotopic (exact) mass is 425 g/mol. The van der Waals surface area contributed by atoms with Crippen LogP contribution in [0, 0.1) is 12.8 Å². The molecule has 0 radical (unpaired) electrons. The predicted molar refractivity (Wildman–Crippen MR) is 119 cm³/mol. The van der Waals surface area contributed by atoms with Crippen LogP contribution in [-0.4, -0.2) is 38.7 Å².